The Morgan fingerprint density at radius 2 is 1.82 bits per heavy atom. The van der Waals surface area contributed by atoms with Gasteiger partial charge in [0.2, 0.25) is 0 Å². The highest BCUT2D eigenvalue weighted by atomic mass is 16.7. The number of carbonyl (C=O) groups is 2. The Hall–Kier alpha value is -2.40. The van der Waals surface area contributed by atoms with Gasteiger partial charge in [-0.1, -0.05) is 43.7 Å². The Balaban J connectivity index is 1.44. The van der Waals surface area contributed by atoms with Crippen LogP contribution in [-0.4, -0.2) is 117 Å². The Bertz CT molecular complexity index is 934. The van der Waals surface area contributed by atoms with Crippen molar-refractivity contribution in [3.8, 4) is 0 Å². The first-order valence-corrected chi connectivity index (χ1v) is 14.3. The lowest BCUT2D eigenvalue weighted by molar-refractivity contribution is -0.169. The summed E-state index contributed by atoms with van der Waals surface area (Å²) in [7, 11) is 5.70. The van der Waals surface area contributed by atoms with Crippen LogP contribution in [0.25, 0.3) is 0 Å². The Morgan fingerprint density at radius 3 is 2.54 bits per heavy atom. The van der Waals surface area contributed by atoms with Crippen LogP contribution in [0.1, 0.15) is 31.7 Å². The zero-order chi connectivity index (χ0) is 27.9. The minimum Gasteiger partial charge on any atom is -0.445 e. The topological polar surface area (TPSA) is 104 Å². The van der Waals surface area contributed by atoms with Crippen LogP contribution in [0.3, 0.4) is 0 Å². The highest BCUT2D eigenvalue weighted by molar-refractivity contribution is 5.74. The van der Waals surface area contributed by atoms with Crippen molar-refractivity contribution in [2.45, 2.75) is 57.1 Å². The van der Waals surface area contributed by atoms with Gasteiger partial charge in [0.1, 0.15) is 6.10 Å². The lowest BCUT2D eigenvalue weighted by Gasteiger charge is -2.34. The molecule has 1 saturated carbocycles. The Labute approximate surface area is 232 Å². The van der Waals surface area contributed by atoms with E-state index < -0.39 is 18.2 Å². The number of amides is 3. The normalized spacial score (nSPS) is 26.8. The molecule has 0 radical (unpaired) electrons. The number of hydrogen-bond donors (Lipinski definition) is 2. The fourth-order valence-corrected chi connectivity index (χ4v) is 5.98. The molecule has 1 aromatic rings. The molecular formula is C29H46N4O6. The van der Waals surface area contributed by atoms with Gasteiger partial charge in [-0.05, 0) is 38.9 Å². The van der Waals surface area contributed by atoms with E-state index in [1.165, 1.54) is 0 Å². The molecule has 3 aliphatic rings. The number of likely N-dealkylation sites (N-methyl/N-ethyl adjacent to an activating group) is 1. The number of fused-ring (bicyclic) bond motifs is 1. The molecule has 1 aromatic carbocycles. The molecule has 3 amide bonds. The molecule has 2 bridgehead atoms. The van der Waals surface area contributed by atoms with Crippen LogP contribution >= 0.6 is 0 Å². The maximum absolute atomic E-state index is 13.3. The van der Waals surface area contributed by atoms with Gasteiger partial charge in [-0.2, -0.15) is 0 Å². The van der Waals surface area contributed by atoms with E-state index in [-0.39, 0.29) is 42.7 Å². The molecular weight excluding hydrogens is 500 g/mol. The molecule has 2 heterocycles. The third kappa shape index (κ3) is 7.63. The number of rotatable bonds is 13. The van der Waals surface area contributed by atoms with E-state index in [1.807, 2.05) is 49.3 Å². The predicted octanol–water partition coefficient (Wildman–Crippen LogP) is 2.41. The number of unbranched alkanes of at least 4 members (excludes halogenated alkanes) is 1. The first-order chi connectivity index (χ1) is 18.8. The SMILES string of the molecule is CCCCN(C)C(=O)N(CCN(C)C)CC(O)C(Cc1ccccc1)NC(=O)OC1C2COC3OCC1C3C2. The van der Waals surface area contributed by atoms with E-state index in [2.05, 4.69) is 12.2 Å². The second-order valence-electron chi connectivity index (χ2n) is 11.5. The van der Waals surface area contributed by atoms with Crippen LogP contribution in [0.2, 0.25) is 0 Å². The van der Waals surface area contributed by atoms with Gasteiger partial charge >= 0.3 is 12.1 Å². The molecule has 0 spiro atoms. The maximum Gasteiger partial charge on any atom is 0.407 e. The van der Waals surface area contributed by atoms with Gasteiger partial charge < -0.3 is 39.3 Å². The summed E-state index contributed by atoms with van der Waals surface area (Å²) in [6.07, 6.45) is 1.27. The minimum atomic E-state index is -0.992. The molecule has 218 valence electrons. The van der Waals surface area contributed by atoms with Crippen LogP contribution in [-0.2, 0) is 20.6 Å². The second kappa shape index (κ2) is 13.8. The third-order valence-corrected chi connectivity index (χ3v) is 8.27. The summed E-state index contributed by atoms with van der Waals surface area (Å²) < 4.78 is 17.5. The molecule has 39 heavy (non-hydrogen) atoms. The average molecular weight is 547 g/mol. The van der Waals surface area contributed by atoms with E-state index in [0.29, 0.717) is 39.3 Å². The molecule has 2 saturated heterocycles. The Morgan fingerprint density at radius 1 is 1.08 bits per heavy atom. The lowest BCUT2D eigenvalue weighted by atomic mass is 9.98. The molecule has 10 nitrogen and oxygen atoms in total. The summed E-state index contributed by atoms with van der Waals surface area (Å²) in [6, 6.07) is 8.96. The van der Waals surface area contributed by atoms with Gasteiger partial charge in [0.25, 0.3) is 0 Å². The van der Waals surface area contributed by atoms with Gasteiger partial charge in [-0.25, -0.2) is 9.59 Å². The number of aliphatic hydroxyl groups excluding tert-OH is 1. The zero-order valence-electron chi connectivity index (χ0n) is 23.8. The number of urea groups is 1. The summed E-state index contributed by atoms with van der Waals surface area (Å²) in [6.45, 7) is 5.04. The van der Waals surface area contributed by atoms with Gasteiger partial charge in [0.05, 0.1) is 31.9 Å². The molecule has 7 atom stereocenters. The zero-order valence-corrected chi connectivity index (χ0v) is 23.8. The first kappa shape index (κ1) is 29.6. The van der Waals surface area contributed by atoms with E-state index in [9.17, 15) is 14.7 Å². The summed E-state index contributed by atoms with van der Waals surface area (Å²) in [5.41, 5.74) is 0.977. The van der Waals surface area contributed by atoms with Crippen molar-refractivity contribution in [3.63, 3.8) is 0 Å². The summed E-state index contributed by atoms with van der Waals surface area (Å²) >= 11 is 0. The Kier molecular flexibility index (Phi) is 10.5. The van der Waals surface area contributed by atoms with Gasteiger partial charge in [0.15, 0.2) is 6.29 Å². The quantitative estimate of drug-likeness (QED) is 0.392. The minimum absolute atomic E-state index is 0.0982. The number of nitrogens with one attached hydrogen (secondary N) is 1. The molecule has 1 aliphatic carbocycles. The van der Waals surface area contributed by atoms with Gasteiger partial charge in [-0.3, -0.25) is 0 Å². The van der Waals surface area contributed by atoms with Crippen LogP contribution in [0.15, 0.2) is 30.3 Å². The second-order valence-corrected chi connectivity index (χ2v) is 11.5. The smallest absolute Gasteiger partial charge is 0.407 e. The molecule has 2 N–H and O–H groups in total. The van der Waals surface area contributed by atoms with Crippen LogP contribution in [0, 0.1) is 17.8 Å². The molecule has 4 rings (SSSR count). The third-order valence-electron chi connectivity index (χ3n) is 8.27. The molecule has 3 fully saturated rings. The predicted molar refractivity (Wildman–Crippen MR) is 147 cm³/mol. The van der Waals surface area contributed by atoms with E-state index in [1.54, 1.807) is 16.8 Å². The van der Waals surface area contributed by atoms with E-state index in [0.717, 1.165) is 24.8 Å². The molecule has 7 unspecified atom stereocenters. The fourth-order valence-electron chi connectivity index (χ4n) is 5.98. The van der Waals surface area contributed by atoms with Crippen molar-refractivity contribution in [1.82, 2.24) is 20.0 Å². The average Bonchev–Trinajstić information content (AvgIpc) is 3.45. The van der Waals surface area contributed by atoms with Crippen LogP contribution < -0.4 is 5.32 Å². The van der Waals surface area contributed by atoms with Crippen molar-refractivity contribution in [1.29, 1.82) is 0 Å². The number of hydrogen-bond acceptors (Lipinski definition) is 7. The number of alkyl carbamates (subject to hydrolysis) is 1. The van der Waals surface area contributed by atoms with Crippen molar-refractivity contribution in [3.05, 3.63) is 35.9 Å². The van der Waals surface area contributed by atoms with Crippen LogP contribution in [0.5, 0.6) is 0 Å². The summed E-state index contributed by atoms with van der Waals surface area (Å²) in [4.78, 5) is 31.9. The maximum atomic E-state index is 13.3. The summed E-state index contributed by atoms with van der Waals surface area (Å²) in [5.74, 6) is 0.581. The number of ether oxygens (including phenoxy) is 3. The van der Waals surface area contributed by atoms with Gasteiger partial charge in [0, 0.05) is 44.4 Å². The van der Waals surface area contributed by atoms with Crippen LogP contribution in [0.4, 0.5) is 9.59 Å². The standard InChI is InChI=1S/C29H46N4O6/c1-5-6-12-32(4)29(36)33(14-13-31(2)3)17-25(34)24(15-20-10-8-7-9-11-20)30-28(35)39-26-21-16-22-23(26)19-38-27(22)37-18-21/h7-11,21-27,34H,5-6,12-19H2,1-4H3,(H,30,35). The molecule has 0 aromatic heterocycles. The first-order valence-electron chi connectivity index (χ1n) is 14.3. The lowest BCUT2D eigenvalue weighted by Crippen LogP contribution is -2.54. The van der Waals surface area contributed by atoms with Crippen molar-refractivity contribution in [2.75, 3.05) is 60.5 Å². The van der Waals surface area contributed by atoms with E-state index >= 15 is 0 Å². The number of carbonyl (C=O) groups excluding carboxylic acids is 2. The van der Waals surface area contributed by atoms with Crippen molar-refractivity contribution < 1.29 is 28.9 Å². The largest absolute Gasteiger partial charge is 0.445 e. The van der Waals surface area contributed by atoms with Crippen molar-refractivity contribution in [2.24, 2.45) is 17.8 Å². The highest BCUT2D eigenvalue weighted by Crippen LogP contribution is 2.49. The molecule has 2 aliphatic heterocycles. The van der Waals surface area contributed by atoms with Gasteiger partial charge in [-0.15, -0.1) is 0 Å². The number of benzene rings is 1. The fraction of sp³-hybridized carbons (Fsp3) is 0.724. The number of aliphatic hydroxyl groups is 1. The number of nitrogens with zero attached hydrogens (tertiary/aromatic N) is 3. The summed E-state index contributed by atoms with van der Waals surface area (Å²) in [5, 5.41) is 14.4. The monoisotopic (exact) mass is 546 g/mol. The molecule has 10 heteroatoms. The van der Waals surface area contributed by atoms with E-state index in [4.69, 9.17) is 14.2 Å². The van der Waals surface area contributed by atoms with Crippen molar-refractivity contribution >= 4 is 12.1 Å². The highest BCUT2D eigenvalue weighted by Gasteiger charge is 2.56.